The van der Waals surface area contributed by atoms with Gasteiger partial charge in [0.15, 0.2) is 0 Å². The van der Waals surface area contributed by atoms with E-state index in [9.17, 15) is 13.5 Å². The quantitative estimate of drug-likeness (QED) is 0.796. The van der Waals surface area contributed by atoms with Crippen LogP contribution in [0.25, 0.3) is 0 Å². The van der Waals surface area contributed by atoms with E-state index in [4.69, 9.17) is 0 Å². The van der Waals surface area contributed by atoms with Crippen LogP contribution in [0.4, 0.5) is 0 Å². The van der Waals surface area contributed by atoms with E-state index in [-0.39, 0.29) is 6.54 Å². The smallest absolute Gasteiger partial charge is 0.214 e. The summed E-state index contributed by atoms with van der Waals surface area (Å²) in [7, 11) is -3.30. The number of hydrogen-bond acceptors (Lipinski definition) is 3. The molecule has 0 aliphatic rings. The van der Waals surface area contributed by atoms with E-state index in [0.29, 0.717) is 6.42 Å². The Morgan fingerprint density at radius 3 is 2.35 bits per heavy atom. The maximum absolute atomic E-state index is 11.5. The van der Waals surface area contributed by atoms with Gasteiger partial charge in [0.05, 0.1) is 11.4 Å². The molecule has 1 atom stereocenters. The predicted molar refractivity (Wildman–Crippen MR) is 68.2 cm³/mol. The van der Waals surface area contributed by atoms with Crippen LogP contribution in [0, 0.1) is 0 Å². The molecule has 1 aromatic rings. The SMILES string of the molecule is CC(C)S(=O)(=O)NCC(O)Cc1ccccc1. The maximum Gasteiger partial charge on any atom is 0.214 e. The molecule has 17 heavy (non-hydrogen) atoms. The number of rotatable bonds is 6. The molecular formula is C12H19NO3S. The zero-order chi connectivity index (χ0) is 12.9. The molecule has 0 radical (unpaired) electrons. The highest BCUT2D eigenvalue weighted by atomic mass is 32.2. The van der Waals surface area contributed by atoms with Crippen molar-refractivity contribution in [2.24, 2.45) is 0 Å². The van der Waals surface area contributed by atoms with Gasteiger partial charge in [-0.25, -0.2) is 13.1 Å². The third-order valence-electron chi connectivity index (χ3n) is 2.45. The highest BCUT2D eigenvalue weighted by Crippen LogP contribution is 2.03. The van der Waals surface area contributed by atoms with Crippen LogP contribution in [-0.4, -0.2) is 31.4 Å². The minimum Gasteiger partial charge on any atom is -0.391 e. The average Bonchev–Trinajstić information content (AvgIpc) is 2.28. The standard InChI is InChI=1S/C12H19NO3S/c1-10(2)17(15,16)13-9-12(14)8-11-6-4-3-5-7-11/h3-7,10,12-14H,8-9H2,1-2H3. The van der Waals surface area contributed by atoms with Gasteiger partial charge in [-0.05, 0) is 25.8 Å². The lowest BCUT2D eigenvalue weighted by atomic mass is 10.1. The fourth-order valence-corrected chi connectivity index (χ4v) is 2.10. The van der Waals surface area contributed by atoms with Crippen molar-refractivity contribution in [3.63, 3.8) is 0 Å². The molecule has 0 saturated carbocycles. The van der Waals surface area contributed by atoms with Gasteiger partial charge in [-0.15, -0.1) is 0 Å². The largest absolute Gasteiger partial charge is 0.391 e. The fourth-order valence-electron chi connectivity index (χ4n) is 1.34. The van der Waals surface area contributed by atoms with Crippen molar-refractivity contribution in [1.29, 1.82) is 0 Å². The molecule has 0 amide bonds. The van der Waals surface area contributed by atoms with Gasteiger partial charge < -0.3 is 5.11 Å². The second-order valence-corrected chi connectivity index (χ2v) is 6.61. The van der Waals surface area contributed by atoms with E-state index < -0.39 is 21.4 Å². The number of hydrogen-bond donors (Lipinski definition) is 2. The molecule has 0 bridgehead atoms. The molecule has 96 valence electrons. The molecule has 0 aliphatic heterocycles. The maximum atomic E-state index is 11.5. The molecule has 0 aromatic heterocycles. The molecule has 2 N–H and O–H groups in total. The molecule has 0 aliphatic carbocycles. The second kappa shape index (κ2) is 6.14. The summed E-state index contributed by atoms with van der Waals surface area (Å²) in [4.78, 5) is 0. The Bertz CT molecular complexity index is 428. The third kappa shape index (κ3) is 4.85. The zero-order valence-electron chi connectivity index (χ0n) is 10.1. The van der Waals surface area contributed by atoms with E-state index in [1.54, 1.807) is 13.8 Å². The lowest BCUT2D eigenvalue weighted by Gasteiger charge is -2.13. The van der Waals surface area contributed by atoms with E-state index in [1.165, 1.54) is 0 Å². The third-order valence-corrected chi connectivity index (χ3v) is 4.27. The first-order valence-corrected chi connectivity index (χ1v) is 7.17. The van der Waals surface area contributed by atoms with Crippen molar-refractivity contribution in [2.75, 3.05) is 6.54 Å². The summed E-state index contributed by atoms with van der Waals surface area (Å²) in [5.74, 6) is 0. The fraction of sp³-hybridized carbons (Fsp3) is 0.500. The van der Waals surface area contributed by atoms with Gasteiger partial charge in [-0.2, -0.15) is 0 Å². The number of aliphatic hydroxyl groups is 1. The number of sulfonamides is 1. The Balaban J connectivity index is 2.44. The Labute approximate surface area is 103 Å². The minimum atomic E-state index is -3.30. The highest BCUT2D eigenvalue weighted by molar-refractivity contribution is 7.90. The number of benzene rings is 1. The van der Waals surface area contributed by atoms with E-state index in [1.807, 2.05) is 30.3 Å². The van der Waals surface area contributed by atoms with Crippen LogP contribution in [0.2, 0.25) is 0 Å². The van der Waals surface area contributed by atoms with Crippen LogP contribution in [-0.2, 0) is 16.4 Å². The van der Waals surface area contributed by atoms with E-state index >= 15 is 0 Å². The molecule has 4 nitrogen and oxygen atoms in total. The molecule has 0 heterocycles. The van der Waals surface area contributed by atoms with E-state index in [0.717, 1.165) is 5.56 Å². The van der Waals surface area contributed by atoms with Gasteiger partial charge in [0.1, 0.15) is 0 Å². The molecular weight excluding hydrogens is 238 g/mol. The Hall–Kier alpha value is -0.910. The molecule has 1 aromatic carbocycles. The van der Waals surface area contributed by atoms with Crippen LogP contribution < -0.4 is 4.72 Å². The van der Waals surface area contributed by atoms with Crippen molar-refractivity contribution >= 4 is 10.0 Å². The molecule has 0 spiro atoms. The molecule has 0 saturated heterocycles. The number of aliphatic hydroxyl groups excluding tert-OH is 1. The molecule has 1 unspecified atom stereocenters. The topological polar surface area (TPSA) is 66.4 Å². The van der Waals surface area contributed by atoms with Crippen molar-refractivity contribution in [1.82, 2.24) is 4.72 Å². The summed E-state index contributed by atoms with van der Waals surface area (Å²) >= 11 is 0. The first-order valence-electron chi connectivity index (χ1n) is 5.62. The lowest BCUT2D eigenvalue weighted by molar-refractivity contribution is 0.178. The van der Waals surface area contributed by atoms with Crippen molar-refractivity contribution in [3.8, 4) is 0 Å². The van der Waals surface area contributed by atoms with Crippen LogP contribution in [0.15, 0.2) is 30.3 Å². The summed E-state index contributed by atoms with van der Waals surface area (Å²) in [6, 6.07) is 9.48. The van der Waals surface area contributed by atoms with Crippen LogP contribution in [0.5, 0.6) is 0 Å². The summed E-state index contributed by atoms with van der Waals surface area (Å²) in [6.07, 6.45) is -0.257. The Morgan fingerprint density at radius 1 is 1.24 bits per heavy atom. The Morgan fingerprint density at radius 2 is 1.82 bits per heavy atom. The second-order valence-electron chi connectivity index (χ2n) is 4.29. The van der Waals surface area contributed by atoms with E-state index in [2.05, 4.69) is 4.72 Å². The summed E-state index contributed by atoms with van der Waals surface area (Å²) < 4.78 is 25.3. The summed E-state index contributed by atoms with van der Waals surface area (Å²) in [5.41, 5.74) is 0.990. The first-order chi connectivity index (χ1) is 7.92. The monoisotopic (exact) mass is 257 g/mol. The van der Waals surface area contributed by atoms with Crippen LogP contribution in [0.3, 0.4) is 0 Å². The average molecular weight is 257 g/mol. The highest BCUT2D eigenvalue weighted by Gasteiger charge is 2.16. The van der Waals surface area contributed by atoms with Gasteiger partial charge in [-0.1, -0.05) is 30.3 Å². The first kappa shape index (κ1) is 14.2. The van der Waals surface area contributed by atoms with Crippen molar-refractivity contribution in [2.45, 2.75) is 31.6 Å². The van der Waals surface area contributed by atoms with Crippen LogP contribution >= 0.6 is 0 Å². The van der Waals surface area contributed by atoms with Gasteiger partial charge in [0.25, 0.3) is 0 Å². The van der Waals surface area contributed by atoms with Gasteiger partial charge in [-0.3, -0.25) is 0 Å². The molecule has 5 heteroatoms. The van der Waals surface area contributed by atoms with Gasteiger partial charge >= 0.3 is 0 Å². The predicted octanol–water partition coefficient (Wildman–Crippen LogP) is 0.918. The molecule has 1 rings (SSSR count). The van der Waals surface area contributed by atoms with Crippen molar-refractivity contribution < 1.29 is 13.5 Å². The normalized spacial score (nSPS) is 13.9. The van der Waals surface area contributed by atoms with Crippen LogP contribution in [0.1, 0.15) is 19.4 Å². The van der Waals surface area contributed by atoms with Gasteiger partial charge in [0.2, 0.25) is 10.0 Å². The lowest BCUT2D eigenvalue weighted by Crippen LogP contribution is -2.37. The van der Waals surface area contributed by atoms with Crippen molar-refractivity contribution in [3.05, 3.63) is 35.9 Å². The molecule has 0 fully saturated rings. The Kier molecular flexibility index (Phi) is 5.11. The minimum absolute atomic E-state index is 0.0510. The van der Waals surface area contributed by atoms with Gasteiger partial charge in [0, 0.05) is 6.54 Å². The zero-order valence-corrected chi connectivity index (χ0v) is 10.9. The summed E-state index contributed by atoms with van der Waals surface area (Å²) in [6.45, 7) is 3.26. The summed E-state index contributed by atoms with van der Waals surface area (Å²) in [5, 5.41) is 9.24. The number of nitrogens with one attached hydrogen (secondary N) is 1.